The summed E-state index contributed by atoms with van der Waals surface area (Å²) in [7, 11) is -4.94. The average molecular weight is 294 g/mol. The van der Waals surface area contributed by atoms with Crippen LogP contribution in [0, 0.1) is 10.2 Å². The van der Waals surface area contributed by atoms with Gasteiger partial charge in [-0.1, -0.05) is 12.1 Å². The van der Waals surface area contributed by atoms with Crippen molar-refractivity contribution in [2.75, 3.05) is 0 Å². The van der Waals surface area contributed by atoms with Gasteiger partial charge < -0.3 is 0 Å². The highest BCUT2D eigenvalue weighted by Crippen LogP contribution is 2.36. The second kappa shape index (κ2) is 4.51. The van der Waals surface area contributed by atoms with Gasteiger partial charge in [0.05, 0.1) is 10.9 Å². The number of hydrogen-bond donors (Lipinski definition) is 1. The third-order valence-electron chi connectivity index (χ3n) is 3.72. The van der Waals surface area contributed by atoms with Crippen molar-refractivity contribution in [2.45, 2.75) is 19.8 Å². The van der Waals surface area contributed by atoms with E-state index in [1.807, 2.05) is 0 Å². The van der Waals surface area contributed by atoms with Crippen LogP contribution in [0.15, 0.2) is 24.3 Å². The van der Waals surface area contributed by atoms with Crippen LogP contribution in [-0.2, 0) is 12.8 Å². The number of aryl methyl sites for hydroxylation is 2. The molecule has 0 aromatic heterocycles. The normalized spacial score (nSPS) is 15.2. The Hall–Kier alpha value is -1.50. The van der Waals surface area contributed by atoms with Crippen molar-refractivity contribution in [3.05, 3.63) is 41.0 Å². The van der Waals surface area contributed by atoms with Crippen molar-refractivity contribution >= 4 is 22.2 Å². The lowest BCUT2D eigenvalue weighted by Gasteiger charge is -2.17. The second-order valence-corrected chi connectivity index (χ2v) is 5.68. The van der Waals surface area contributed by atoms with E-state index in [-0.39, 0.29) is 0 Å². The Morgan fingerprint density at radius 1 is 0.900 bits per heavy atom. The SMILES string of the molecule is CC1=[NH+]c2ccc3c4c(ccc1c24)CC3.[O-][Cl+3]([O-])([O-])[O-]. The molecule has 6 heteroatoms. The molecule has 2 aliphatic rings. The first-order valence-corrected chi connectivity index (χ1v) is 7.38. The third kappa shape index (κ3) is 2.30. The minimum absolute atomic E-state index is 1.22. The van der Waals surface area contributed by atoms with E-state index in [0.29, 0.717) is 0 Å². The largest absolute Gasteiger partial charge is 0.222 e. The van der Waals surface area contributed by atoms with Gasteiger partial charge in [-0.3, -0.25) is 0 Å². The van der Waals surface area contributed by atoms with Crippen molar-refractivity contribution in [2.24, 2.45) is 0 Å². The van der Waals surface area contributed by atoms with E-state index in [2.05, 4.69) is 36.2 Å². The Bertz CT molecular complexity index is 718. The Kier molecular flexibility index (Phi) is 3.04. The van der Waals surface area contributed by atoms with E-state index in [4.69, 9.17) is 18.6 Å². The molecule has 1 aliphatic carbocycles. The molecule has 1 N–H and O–H groups in total. The molecule has 0 saturated carbocycles. The van der Waals surface area contributed by atoms with Crippen LogP contribution in [0.4, 0.5) is 5.69 Å². The van der Waals surface area contributed by atoms with Crippen molar-refractivity contribution in [1.29, 1.82) is 0 Å². The molecule has 0 fully saturated rings. The van der Waals surface area contributed by atoms with Gasteiger partial charge in [0, 0.05) is 13.0 Å². The number of benzene rings is 2. The van der Waals surface area contributed by atoms with E-state index < -0.39 is 10.2 Å². The minimum atomic E-state index is -4.94. The molecule has 4 rings (SSSR count). The number of hydrogen-bond acceptors (Lipinski definition) is 4. The van der Waals surface area contributed by atoms with Crippen LogP contribution < -0.4 is 23.6 Å². The molecular formula is C14H12ClNO4. The minimum Gasteiger partial charge on any atom is -0.222 e. The summed E-state index contributed by atoms with van der Waals surface area (Å²) in [5, 5.41) is 2.98. The molecule has 1 aliphatic heterocycles. The summed E-state index contributed by atoms with van der Waals surface area (Å²) < 4.78 is 34.0. The van der Waals surface area contributed by atoms with E-state index in [1.54, 1.807) is 0 Å². The van der Waals surface area contributed by atoms with Crippen LogP contribution in [0.2, 0.25) is 0 Å². The predicted molar refractivity (Wildman–Crippen MR) is 61.8 cm³/mol. The lowest BCUT2D eigenvalue weighted by atomic mass is 9.99. The molecule has 0 saturated heterocycles. The highest BCUT2D eigenvalue weighted by Gasteiger charge is 2.26. The van der Waals surface area contributed by atoms with E-state index in [1.165, 1.54) is 51.7 Å². The van der Waals surface area contributed by atoms with Crippen LogP contribution in [0.1, 0.15) is 23.6 Å². The monoisotopic (exact) mass is 293 g/mol. The van der Waals surface area contributed by atoms with Crippen molar-refractivity contribution < 1.29 is 33.9 Å². The van der Waals surface area contributed by atoms with Gasteiger partial charge in [-0.05, 0) is 35.4 Å². The molecule has 1 heterocycles. The molecular weight excluding hydrogens is 282 g/mol. The van der Waals surface area contributed by atoms with E-state index >= 15 is 0 Å². The number of nitrogens with one attached hydrogen (secondary N) is 1. The third-order valence-corrected chi connectivity index (χ3v) is 3.72. The summed E-state index contributed by atoms with van der Waals surface area (Å²) in [6.07, 6.45) is 2.43. The molecule has 2 aromatic rings. The van der Waals surface area contributed by atoms with Crippen LogP contribution in [0.3, 0.4) is 0 Å². The second-order valence-electron chi connectivity index (χ2n) is 4.92. The standard InChI is InChI=1S/C14H11N.ClHO4/c1-8-11-6-4-9-2-3-10-5-7-12(15-8)14(11)13(9)10;2-1(3,4)5/h4-7H,2-3H2,1H3;(H,2,3,4,5). The van der Waals surface area contributed by atoms with Crippen molar-refractivity contribution in [1.82, 2.24) is 0 Å². The average Bonchev–Trinajstić information content (AvgIpc) is 2.86. The van der Waals surface area contributed by atoms with E-state index in [9.17, 15) is 0 Å². The lowest BCUT2D eigenvalue weighted by Crippen LogP contribution is -2.68. The zero-order valence-electron chi connectivity index (χ0n) is 10.7. The fraction of sp³-hybridized carbons (Fsp3) is 0.214. The summed E-state index contributed by atoms with van der Waals surface area (Å²) in [6, 6.07) is 9.08. The molecule has 0 unspecified atom stereocenters. The summed E-state index contributed by atoms with van der Waals surface area (Å²) in [6.45, 7) is 2.16. The first-order valence-electron chi connectivity index (χ1n) is 6.15. The quantitative estimate of drug-likeness (QED) is 0.549. The van der Waals surface area contributed by atoms with Crippen LogP contribution in [-0.4, -0.2) is 5.71 Å². The molecule has 2 aromatic carbocycles. The molecule has 0 spiro atoms. The molecule has 0 amide bonds. The summed E-state index contributed by atoms with van der Waals surface area (Å²) >= 11 is 0. The van der Waals surface area contributed by atoms with Gasteiger partial charge in [0.2, 0.25) is 5.69 Å². The fourth-order valence-electron chi connectivity index (χ4n) is 3.01. The predicted octanol–water partition coefficient (Wildman–Crippen LogP) is -3.28. The smallest absolute Gasteiger partial charge is 0.212 e. The molecule has 0 radical (unpaired) electrons. The molecule has 0 bridgehead atoms. The zero-order valence-corrected chi connectivity index (χ0v) is 11.5. The van der Waals surface area contributed by atoms with Crippen LogP contribution >= 0.6 is 0 Å². The zero-order chi connectivity index (χ0) is 14.5. The maximum atomic E-state index is 8.49. The van der Waals surface area contributed by atoms with Gasteiger partial charge in [0.25, 0.3) is 0 Å². The number of rotatable bonds is 0. The summed E-state index contributed by atoms with van der Waals surface area (Å²) in [4.78, 5) is 3.47. The Morgan fingerprint density at radius 2 is 1.45 bits per heavy atom. The van der Waals surface area contributed by atoms with Gasteiger partial charge in [0.15, 0.2) is 5.71 Å². The molecule has 0 atom stereocenters. The highest BCUT2D eigenvalue weighted by molar-refractivity contribution is 6.15. The first kappa shape index (κ1) is 13.5. The molecule has 20 heavy (non-hydrogen) atoms. The maximum Gasteiger partial charge on any atom is 0.212 e. The molecule has 104 valence electrons. The topological polar surface area (TPSA) is 106 Å². The Morgan fingerprint density at radius 3 is 2.05 bits per heavy atom. The van der Waals surface area contributed by atoms with Gasteiger partial charge in [-0.25, -0.2) is 23.6 Å². The van der Waals surface area contributed by atoms with Gasteiger partial charge in [-0.15, -0.1) is 10.2 Å². The maximum absolute atomic E-state index is 8.49. The van der Waals surface area contributed by atoms with Gasteiger partial charge in [-0.2, -0.15) is 0 Å². The van der Waals surface area contributed by atoms with Crippen LogP contribution in [0.5, 0.6) is 0 Å². The fourth-order valence-corrected chi connectivity index (χ4v) is 3.01. The number of halogens is 1. The molecule has 5 nitrogen and oxygen atoms in total. The lowest BCUT2D eigenvalue weighted by molar-refractivity contribution is -2.00. The Balaban J connectivity index is 0.000000213. The highest BCUT2D eigenvalue weighted by atomic mass is 35.7. The van der Waals surface area contributed by atoms with Crippen molar-refractivity contribution in [3.63, 3.8) is 0 Å². The van der Waals surface area contributed by atoms with E-state index in [0.717, 1.165) is 0 Å². The van der Waals surface area contributed by atoms with Gasteiger partial charge in [0.1, 0.15) is 0 Å². The van der Waals surface area contributed by atoms with Crippen LogP contribution in [0.25, 0.3) is 10.8 Å². The summed E-state index contributed by atoms with van der Waals surface area (Å²) in [5.41, 5.74) is 7.04. The van der Waals surface area contributed by atoms with Gasteiger partial charge >= 0.3 is 0 Å². The summed E-state index contributed by atoms with van der Waals surface area (Å²) in [5.74, 6) is 0. The first-order chi connectivity index (χ1) is 9.34. The van der Waals surface area contributed by atoms with Crippen molar-refractivity contribution in [3.8, 4) is 0 Å². The Labute approximate surface area is 117 Å².